The molecule has 0 saturated heterocycles. The maximum absolute atomic E-state index is 11.4. The molecule has 0 saturated carbocycles. The van der Waals surface area contributed by atoms with E-state index in [1.54, 1.807) is 12.1 Å². The van der Waals surface area contributed by atoms with Crippen LogP contribution in [0.25, 0.3) is 0 Å². The highest BCUT2D eigenvalue weighted by atomic mass is 16.6. The molecule has 0 atom stereocenters. The summed E-state index contributed by atoms with van der Waals surface area (Å²) in [5.74, 6) is 0.609. The summed E-state index contributed by atoms with van der Waals surface area (Å²) in [5, 5.41) is 23.0. The highest BCUT2D eigenvalue weighted by Gasteiger charge is 2.22. The van der Waals surface area contributed by atoms with E-state index < -0.39 is 4.92 Å². The molecular weight excluding hydrogens is 284 g/mol. The maximum Gasteiger partial charge on any atom is 0.293 e. The van der Waals surface area contributed by atoms with Gasteiger partial charge in [0.2, 0.25) is 0 Å². The van der Waals surface area contributed by atoms with Gasteiger partial charge in [-0.3, -0.25) is 10.1 Å². The average Bonchev–Trinajstić information content (AvgIpc) is 2.44. The molecule has 0 fully saturated rings. The molecule has 0 amide bonds. The Morgan fingerprint density at radius 1 is 1.32 bits per heavy atom. The van der Waals surface area contributed by atoms with Gasteiger partial charge in [-0.25, -0.2) is 0 Å². The van der Waals surface area contributed by atoms with Crippen LogP contribution in [0.5, 0.6) is 0 Å². The molecule has 7 heteroatoms. The second kappa shape index (κ2) is 7.63. The number of amidine groups is 1. The van der Waals surface area contributed by atoms with Crippen molar-refractivity contribution in [2.24, 2.45) is 22.7 Å². The average molecular weight is 308 g/mol. The van der Waals surface area contributed by atoms with Crippen molar-refractivity contribution in [1.82, 2.24) is 0 Å². The molecule has 0 heterocycles. The Morgan fingerprint density at radius 2 is 1.86 bits per heavy atom. The zero-order valence-electron chi connectivity index (χ0n) is 13.5. The number of nitro groups is 1. The molecule has 0 bridgehead atoms. The molecule has 7 nitrogen and oxygen atoms in total. The lowest BCUT2D eigenvalue weighted by Crippen LogP contribution is -2.32. The van der Waals surface area contributed by atoms with Crippen LogP contribution in [0.15, 0.2) is 23.4 Å². The van der Waals surface area contributed by atoms with E-state index in [0.717, 1.165) is 13.1 Å². The summed E-state index contributed by atoms with van der Waals surface area (Å²) in [6.45, 7) is 9.74. The lowest BCUT2D eigenvalue weighted by atomic mass is 10.1. The van der Waals surface area contributed by atoms with Crippen LogP contribution in [0.4, 0.5) is 11.4 Å². The van der Waals surface area contributed by atoms with E-state index in [9.17, 15) is 10.1 Å². The third-order valence-electron chi connectivity index (χ3n) is 3.09. The van der Waals surface area contributed by atoms with Gasteiger partial charge in [0.1, 0.15) is 5.69 Å². The summed E-state index contributed by atoms with van der Waals surface area (Å²) >= 11 is 0. The van der Waals surface area contributed by atoms with Crippen molar-refractivity contribution in [2.75, 3.05) is 18.0 Å². The molecule has 0 aliphatic carbocycles. The lowest BCUT2D eigenvalue weighted by Gasteiger charge is -2.28. The molecular formula is C15H24N4O3. The molecule has 1 aromatic rings. The molecule has 1 rings (SSSR count). The number of anilines is 1. The first-order valence-electron chi connectivity index (χ1n) is 7.27. The number of nitrogens with zero attached hydrogens (tertiary/aromatic N) is 3. The number of benzene rings is 1. The van der Waals surface area contributed by atoms with E-state index >= 15 is 0 Å². The van der Waals surface area contributed by atoms with Crippen LogP contribution in [0, 0.1) is 22.0 Å². The van der Waals surface area contributed by atoms with Crippen LogP contribution in [0.3, 0.4) is 0 Å². The first-order valence-corrected chi connectivity index (χ1v) is 7.27. The van der Waals surface area contributed by atoms with Crippen molar-refractivity contribution in [3.8, 4) is 0 Å². The molecule has 0 radical (unpaired) electrons. The minimum absolute atomic E-state index is 0.0367. The molecule has 0 aliphatic heterocycles. The highest BCUT2D eigenvalue weighted by Crippen LogP contribution is 2.30. The highest BCUT2D eigenvalue weighted by molar-refractivity contribution is 5.98. The van der Waals surface area contributed by atoms with E-state index in [2.05, 4.69) is 32.9 Å². The fourth-order valence-electron chi connectivity index (χ4n) is 2.31. The number of nitro benzene ring substituents is 1. The van der Waals surface area contributed by atoms with E-state index in [1.807, 2.05) is 4.90 Å². The Balaban J connectivity index is 3.32. The van der Waals surface area contributed by atoms with Crippen molar-refractivity contribution in [1.29, 1.82) is 0 Å². The standard InChI is InChI=1S/C15H24N4O3/c1-10(2)8-18(9-11(3)4)13-6-5-12(15(16)17-20)7-14(13)19(21)22/h5-7,10-11,20H,8-9H2,1-4H3,(H2,16,17). The van der Waals surface area contributed by atoms with Crippen molar-refractivity contribution in [3.63, 3.8) is 0 Å². The number of oxime groups is 1. The zero-order chi connectivity index (χ0) is 16.9. The fraction of sp³-hybridized carbons (Fsp3) is 0.533. The minimum Gasteiger partial charge on any atom is -0.409 e. The molecule has 0 aliphatic rings. The van der Waals surface area contributed by atoms with E-state index in [4.69, 9.17) is 10.9 Å². The topological polar surface area (TPSA) is 105 Å². The van der Waals surface area contributed by atoms with Gasteiger partial charge in [0.15, 0.2) is 5.84 Å². The van der Waals surface area contributed by atoms with Crippen LogP contribution in [0.1, 0.15) is 33.3 Å². The lowest BCUT2D eigenvalue weighted by molar-refractivity contribution is -0.384. The zero-order valence-corrected chi connectivity index (χ0v) is 13.5. The second-order valence-corrected chi connectivity index (χ2v) is 6.14. The number of nitrogens with two attached hydrogens (primary N) is 1. The third kappa shape index (κ3) is 4.61. The largest absolute Gasteiger partial charge is 0.409 e. The number of hydrogen-bond acceptors (Lipinski definition) is 5. The Bertz CT molecular complexity index is 546. The molecule has 3 N–H and O–H groups in total. The fourth-order valence-corrected chi connectivity index (χ4v) is 2.31. The van der Waals surface area contributed by atoms with Gasteiger partial charge in [-0.05, 0) is 24.0 Å². The van der Waals surface area contributed by atoms with Crippen LogP contribution in [0.2, 0.25) is 0 Å². The number of rotatable bonds is 7. The smallest absolute Gasteiger partial charge is 0.293 e. The van der Waals surface area contributed by atoms with Crippen molar-refractivity contribution in [3.05, 3.63) is 33.9 Å². The van der Waals surface area contributed by atoms with Gasteiger partial charge in [-0.1, -0.05) is 32.9 Å². The van der Waals surface area contributed by atoms with Gasteiger partial charge >= 0.3 is 0 Å². The summed E-state index contributed by atoms with van der Waals surface area (Å²) in [4.78, 5) is 13.0. The maximum atomic E-state index is 11.4. The second-order valence-electron chi connectivity index (χ2n) is 6.14. The van der Waals surface area contributed by atoms with Gasteiger partial charge in [-0.15, -0.1) is 0 Å². The van der Waals surface area contributed by atoms with Crippen molar-refractivity contribution < 1.29 is 10.1 Å². The van der Waals surface area contributed by atoms with Crippen LogP contribution >= 0.6 is 0 Å². The van der Waals surface area contributed by atoms with Crippen LogP contribution < -0.4 is 10.6 Å². The predicted molar refractivity (Wildman–Crippen MR) is 87.5 cm³/mol. The molecule has 22 heavy (non-hydrogen) atoms. The molecule has 0 aromatic heterocycles. The predicted octanol–water partition coefficient (Wildman–Crippen LogP) is 2.81. The monoisotopic (exact) mass is 308 g/mol. The molecule has 122 valence electrons. The van der Waals surface area contributed by atoms with Gasteiger partial charge in [0, 0.05) is 24.7 Å². The quantitative estimate of drug-likeness (QED) is 0.265. The van der Waals surface area contributed by atoms with Gasteiger partial charge < -0.3 is 15.8 Å². The number of hydrogen-bond donors (Lipinski definition) is 2. The normalized spacial score (nSPS) is 12.0. The van der Waals surface area contributed by atoms with E-state index in [0.29, 0.717) is 23.1 Å². The van der Waals surface area contributed by atoms with Crippen molar-refractivity contribution in [2.45, 2.75) is 27.7 Å². The molecule has 0 spiro atoms. The SMILES string of the molecule is CC(C)CN(CC(C)C)c1ccc(C(N)=NO)cc1[N+](=O)[O-]. The van der Waals surface area contributed by atoms with Gasteiger partial charge in [0.25, 0.3) is 5.69 Å². The van der Waals surface area contributed by atoms with E-state index in [1.165, 1.54) is 6.07 Å². The third-order valence-corrected chi connectivity index (χ3v) is 3.09. The first-order chi connectivity index (χ1) is 10.3. The summed E-state index contributed by atoms with van der Waals surface area (Å²) in [7, 11) is 0. The summed E-state index contributed by atoms with van der Waals surface area (Å²) in [6.07, 6.45) is 0. The van der Waals surface area contributed by atoms with Gasteiger partial charge in [0.05, 0.1) is 4.92 Å². The summed E-state index contributed by atoms with van der Waals surface area (Å²) < 4.78 is 0. The van der Waals surface area contributed by atoms with Gasteiger partial charge in [-0.2, -0.15) is 0 Å². The Hall–Kier alpha value is -2.31. The Morgan fingerprint density at radius 3 is 2.27 bits per heavy atom. The minimum atomic E-state index is -0.433. The first kappa shape index (κ1) is 17.7. The van der Waals surface area contributed by atoms with Crippen LogP contribution in [-0.2, 0) is 0 Å². The molecule has 0 unspecified atom stereocenters. The Labute approximate surface area is 130 Å². The molecule has 1 aromatic carbocycles. The van der Waals surface area contributed by atoms with Crippen LogP contribution in [-0.4, -0.2) is 29.1 Å². The van der Waals surface area contributed by atoms with E-state index in [-0.39, 0.29) is 11.5 Å². The summed E-state index contributed by atoms with van der Waals surface area (Å²) in [5.41, 5.74) is 6.36. The van der Waals surface area contributed by atoms with Crippen molar-refractivity contribution >= 4 is 17.2 Å². The Kier molecular flexibility index (Phi) is 6.15. The summed E-state index contributed by atoms with van der Waals surface area (Å²) in [6, 6.07) is 4.64.